The molecule has 4 aliphatic rings. The lowest BCUT2D eigenvalue weighted by Gasteiger charge is -2.41. The van der Waals surface area contributed by atoms with E-state index >= 15 is 0 Å². The van der Waals surface area contributed by atoms with Crippen molar-refractivity contribution < 1.29 is 4.79 Å². The Bertz CT molecular complexity index is 530. The van der Waals surface area contributed by atoms with Crippen molar-refractivity contribution in [3.63, 3.8) is 0 Å². The Morgan fingerprint density at radius 3 is 2.00 bits per heavy atom. The van der Waals surface area contributed by atoms with E-state index in [0.717, 1.165) is 36.0 Å². The Balaban J connectivity index is 1.41. The number of rotatable bonds is 4. The van der Waals surface area contributed by atoms with Crippen molar-refractivity contribution in [3.05, 3.63) is 0 Å². The van der Waals surface area contributed by atoms with Crippen LogP contribution in [0, 0.1) is 58.2 Å². The van der Waals surface area contributed by atoms with Gasteiger partial charge in [-0.1, -0.05) is 41.5 Å². The lowest BCUT2D eigenvalue weighted by molar-refractivity contribution is -0.128. The average Bonchev–Trinajstić information content (AvgIpc) is 3.14. The van der Waals surface area contributed by atoms with Crippen molar-refractivity contribution in [3.8, 4) is 0 Å². The number of fused-ring (bicyclic) bond motifs is 4. The third-order valence-electron chi connectivity index (χ3n) is 9.47. The van der Waals surface area contributed by atoms with Crippen LogP contribution in [-0.2, 0) is 4.79 Å². The number of hydrogen-bond donors (Lipinski definition) is 0. The minimum Gasteiger partial charge on any atom is -0.299 e. The first kappa shape index (κ1) is 17.1. The molecule has 4 rings (SSSR count). The molecular weight excluding hydrogens is 292 g/mol. The molecule has 0 aromatic carbocycles. The van der Waals surface area contributed by atoms with Gasteiger partial charge in [-0.05, 0) is 84.4 Å². The van der Waals surface area contributed by atoms with Crippen LogP contribution in [0.25, 0.3) is 0 Å². The van der Waals surface area contributed by atoms with E-state index in [9.17, 15) is 4.79 Å². The van der Waals surface area contributed by atoms with Crippen LogP contribution in [0.2, 0.25) is 0 Å². The van der Waals surface area contributed by atoms with Crippen LogP contribution >= 0.6 is 0 Å². The predicted octanol–water partition coefficient (Wildman–Crippen LogP) is 5.97. The Labute approximate surface area is 149 Å². The monoisotopic (exact) mass is 330 g/mol. The smallest absolute Gasteiger partial charge is 0.136 e. The summed E-state index contributed by atoms with van der Waals surface area (Å²) in [5.41, 5.74) is 0.922. The first-order valence-corrected chi connectivity index (χ1v) is 10.6. The largest absolute Gasteiger partial charge is 0.299 e. The van der Waals surface area contributed by atoms with E-state index in [1.165, 1.54) is 32.1 Å². The van der Waals surface area contributed by atoms with E-state index in [1.807, 2.05) is 0 Å². The Kier molecular flexibility index (Phi) is 3.80. The first-order valence-electron chi connectivity index (χ1n) is 10.6. The number of ketones is 1. The molecular formula is C23H38O. The quantitative estimate of drug-likeness (QED) is 0.620. The molecule has 1 nitrogen and oxygen atoms in total. The molecule has 4 bridgehead atoms. The van der Waals surface area contributed by atoms with Crippen LogP contribution in [0.4, 0.5) is 0 Å². The van der Waals surface area contributed by atoms with E-state index in [-0.39, 0.29) is 0 Å². The summed E-state index contributed by atoms with van der Waals surface area (Å²) in [5, 5.41) is 0. The van der Waals surface area contributed by atoms with Crippen LogP contribution in [0.3, 0.4) is 0 Å². The molecule has 0 aliphatic heterocycles. The molecule has 8 unspecified atom stereocenters. The number of hydrogen-bond acceptors (Lipinski definition) is 1. The maximum Gasteiger partial charge on any atom is 0.136 e. The number of Topliss-reactive ketones (excluding diaryl/α,β-unsaturated/α-hetero) is 1. The summed E-state index contributed by atoms with van der Waals surface area (Å²) >= 11 is 0. The van der Waals surface area contributed by atoms with Crippen LogP contribution in [0.15, 0.2) is 0 Å². The van der Waals surface area contributed by atoms with Crippen molar-refractivity contribution in [1.29, 1.82) is 0 Å². The highest BCUT2D eigenvalue weighted by molar-refractivity contribution is 5.82. The van der Waals surface area contributed by atoms with Gasteiger partial charge in [-0.25, -0.2) is 0 Å². The van der Waals surface area contributed by atoms with Gasteiger partial charge in [0.05, 0.1) is 0 Å². The molecule has 4 fully saturated rings. The molecule has 0 amide bonds. The van der Waals surface area contributed by atoms with Crippen molar-refractivity contribution >= 4 is 5.78 Å². The minimum absolute atomic E-state index is 0.376. The molecule has 0 saturated heterocycles. The fourth-order valence-electron chi connectivity index (χ4n) is 8.13. The highest BCUT2D eigenvalue weighted by Crippen LogP contribution is 2.63. The summed E-state index contributed by atoms with van der Waals surface area (Å²) in [5.74, 6) is 6.60. The summed E-state index contributed by atoms with van der Waals surface area (Å²) in [6.45, 7) is 14.6. The molecule has 0 heterocycles. The fraction of sp³-hybridized carbons (Fsp3) is 0.957. The molecule has 4 saturated carbocycles. The van der Waals surface area contributed by atoms with Gasteiger partial charge in [0, 0.05) is 12.3 Å². The molecule has 4 aliphatic carbocycles. The van der Waals surface area contributed by atoms with E-state index < -0.39 is 0 Å². The van der Waals surface area contributed by atoms with Crippen molar-refractivity contribution in [1.82, 2.24) is 0 Å². The Morgan fingerprint density at radius 1 is 0.875 bits per heavy atom. The van der Waals surface area contributed by atoms with E-state index in [0.29, 0.717) is 34.4 Å². The molecule has 24 heavy (non-hydrogen) atoms. The number of carbonyl (C=O) groups excluding carboxylic acids is 1. The summed E-state index contributed by atoms with van der Waals surface area (Å²) in [6.07, 6.45) is 7.56. The third kappa shape index (κ3) is 2.36. The summed E-state index contributed by atoms with van der Waals surface area (Å²) < 4.78 is 0. The zero-order valence-electron chi connectivity index (χ0n) is 16.8. The summed E-state index contributed by atoms with van der Waals surface area (Å²) in [6, 6.07) is 0. The van der Waals surface area contributed by atoms with Gasteiger partial charge in [0.1, 0.15) is 5.78 Å². The molecule has 0 radical (unpaired) electrons. The van der Waals surface area contributed by atoms with Gasteiger partial charge in [0.2, 0.25) is 0 Å². The number of carbonyl (C=O) groups is 1. The fourth-order valence-corrected chi connectivity index (χ4v) is 8.13. The van der Waals surface area contributed by atoms with Crippen molar-refractivity contribution in [2.45, 2.75) is 80.1 Å². The van der Waals surface area contributed by atoms with Gasteiger partial charge in [0.15, 0.2) is 0 Å². The van der Waals surface area contributed by atoms with Gasteiger partial charge >= 0.3 is 0 Å². The second-order valence-electron chi connectivity index (χ2n) is 11.5. The van der Waals surface area contributed by atoms with Gasteiger partial charge < -0.3 is 0 Å². The third-order valence-corrected chi connectivity index (χ3v) is 9.47. The Morgan fingerprint density at radius 2 is 1.42 bits per heavy atom. The first-order chi connectivity index (χ1) is 11.1. The summed E-state index contributed by atoms with van der Waals surface area (Å²) in [7, 11) is 0. The molecule has 0 aromatic rings. The maximum absolute atomic E-state index is 13.2. The van der Waals surface area contributed by atoms with Gasteiger partial charge in [-0.2, -0.15) is 0 Å². The van der Waals surface area contributed by atoms with Gasteiger partial charge in [-0.15, -0.1) is 0 Å². The van der Waals surface area contributed by atoms with Crippen LogP contribution in [0.1, 0.15) is 80.1 Å². The zero-order chi connectivity index (χ0) is 17.4. The minimum atomic E-state index is 0.376. The zero-order valence-corrected chi connectivity index (χ0v) is 16.8. The molecule has 0 aromatic heterocycles. The summed E-state index contributed by atoms with van der Waals surface area (Å²) in [4.78, 5) is 13.2. The highest BCUT2D eigenvalue weighted by Gasteiger charge is 2.57. The highest BCUT2D eigenvalue weighted by atomic mass is 16.1. The average molecular weight is 331 g/mol. The standard InChI is InChI=1S/C23H38O/c1-13-15-9-18(22(3,4)11-15)17(13)7-8-20(24)21-14(2)16-10-19(21)23(5,6)12-16/h13-19,21H,7-12H2,1-6H3. The Hall–Kier alpha value is -0.330. The van der Waals surface area contributed by atoms with Gasteiger partial charge in [-0.3, -0.25) is 4.79 Å². The van der Waals surface area contributed by atoms with E-state index in [2.05, 4.69) is 41.5 Å². The molecule has 0 N–H and O–H groups in total. The second kappa shape index (κ2) is 5.34. The molecule has 136 valence electrons. The topological polar surface area (TPSA) is 17.1 Å². The lowest BCUT2D eigenvalue weighted by Crippen LogP contribution is -2.38. The van der Waals surface area contributed by atoms with Crippen molar-refractivity contribution in [2.24, 2.45) is 58.2 Å². The van der Waals surface area contributed by atoms with Crippen LogP contribution in [-0.4, -0.2) is 5.78 Å². The SMILES string of the molecule is CC1C2CC(C1CCC(=O)C1C(C)C3CC1C(C)(C)C3)C(C)(C)C2. The normalized spacial score (nSPS) is 50.6. The second-order valence-corrected chi connectivity index (χ2v) is 11.5. The maximum atomic E-state index is 13.2. The lowest BCUT2D eigenvalue weighted by atomic mass is 9.63. The van der Waals surface area contributed by atoms with E-state index in [1.54, 1.807) is 0 Å². The predicted molar refractivity (Wildman–Crippen MR) is 99.5 cm³/mol. The van der Waals surface area contributed by atoms with Crippen LogP contribution in [0.5, 0.6) is 0 Å². The van der Waals surface area contributed by atoms with Crippen LogP contribution < -0.4 is 0 Å². The molecule has 0 spiro atoms. The van der Waals surface area contributed by atoms with Gasteiger partial charge in [0.25, 0.3) is 0 Å². The van der Waals surface area contributed by atoms with E-state index in [4.69, 9.17) is 0 Å². The van der Waals surface area contributed by atoms with Crippen molar-refractivity contribution in [2.75, 3.05) is 0 Å². The molecule has 8 atom stereocenters. The molecule has 1 heteroatoms.